The van der Waals surface area contributed by atoms with Crippen molar-refractivity contribution in [3.8, 4) is 22.4 Å². The first-order valence-electron chi connectivity index (χ1n) is 13.7. The third kappa shape index (κ3) is 7.39. The van der Waals surface area contributed by atoms with Crippen molar-refractivity contribution in [3.63, 3.8) is 0 Å². The van der Waals surface area contributed by atoms with E-state index in [2.05, 4.69) is 4.72 Å². The molecule has 0 atom stereocenters. The second kappa shape index (κ2) is 13.1. The van der Waals surface area contributed by atoms with E-state index in [1.54, 1.807) is 56.3 Å². The van der Waals surface area contributed by atoms with Gasteiger partial charge < -0.3 is 9.67 Å². The molecule has 0 fully saturated rings. The fourth-order valence-electron chi connectivity index (χ4n) is 4.47. The van der Waals surface area contributed by atoms with E-state index in [1.807, 2.05) is 71.4 Å². The summed E-state index contributed by atoms with van der Waals surface area (Å²) >= 11 is 12.6. The summed E-state index contributed by atoms with van der Waals surface area (Å²) in [6, 6.07) is 27.2. The van der Waals surface area contributed by atoms with Gasteiger partial charge in [0.1, 0.15) is 5.82 Å². The van der Waals surface area contributed by atoms with Gasteiger partial charge in [-0.15, -0.1) is 0 Å². The number of nitrogens with one attached hydrogen (secondary N) is 1. The number of rotatable bonds is 10. The summed E-state index contributed by atoms with van der Waals surface area (Å²) in [5.74, 6) is -0.292. The van der Waals surface area contributed by atoms with Crippen LogP contribution in [0.5, 0.6) is 0 Å². The smallest absolute Gasteiger partial charge is 0.335 e. The van der Waals surface area contributed by atoms with E-state index in [1.165, 1.54) is 0 Å². The Balaban J connectivity index is 1.41. The Labute approximate surface area is 266 Å². The molecule has 1 aromatic heterocycles. The Morgan fingerprint density at radius 2 is 1.66 bits per heavy atom. The van der Waals surface area contributed by atoms with Crippen molar-refractivity contribution in [1.29, 1.82) is 0 Å². The van der Waals surface area contributed by atoms with E-state index in [0.29, 0.717) is 33.8 Å². The number of benzene rings is 4. The Morgan fingerprint density at radius 3 is 2.32 bits per heavy atom. The van der Waals surface area contributed by atoms with Crippen LogP contribution in [0.15, 0.2) is 97.2 Å². The van der Waals surface area contributed by atoms with Gasteiger partial charge in [-0.3, -0.25) is 4.72 Å². The topological polar surface area (TPSA) is 101 Å². The molecular formula is C34H29Cl2N3O4S. The van der Waals surface area contributed by atoms with Crippen LogP contribution in [0.3, 0.4) is 0 Å². The van der Waals surface area contributed by atoms with Crippen molar-refractivity contribution in [2.75, 3.05) is 4.72 Å². The Hall–Kier alpha value is -4.37. The van der Waals surface area contributed by atoms with Crippen LogP contribution >= 0.6 is 23.2 Å². The first-order valence-corrected chi connectivity index (χ1v) is 16.0. The summed E-state index contributed by atoms with van der Waals surface area (Å²) < 4.78 is 29.2. The number of carbonyl (C=O) groups is 1. The zero-order valence-electron chi connectivity index (χ0n) is 23.9. The Kier molecular flexibility index (Phi) is 9.25. The van der Waals surface area contributed by atoms with E-state index in [4.69, 9.17) is 28.2 Å². The molecule has 0 unspecified atom stereocenters. The molecule has 5 aromatic rings. The number of halogens is 2. The zero-order chi connectivity index (χ0) is 31.4. The second-order valence-corrected chi connectivity index (χ2v) is 13.6. The molecule has 0 saturated carbocycles. The molecule has 224 valence electrons. The first kappa shape index (κ1) is 31.1. The number of carboxylic acids is 1. The average Bonchev–Trinajstić information content (AvgIpc) is 3.38. The van der Waals surface area contributed by atoms with Crippen LogP contribution in [0.2, 0.25) is 10.0 Å². The summed E-state index contributed by atoms with van der Waals surface area (Å²) in [6.45, 7) is 3.74. The van der Waals surface area contributed by atoms with E-state index in [9.17, 15) is 18.3 Å². The molecule has 7 nitrogen and oxygen atoms in total. The Bertz CT molecular complexity index is 1950. The van der Waals surface area contributed by atoms with Gasteiger partial charge in [-0.2, -0.15) is 0 Å². The van der Waals surface area contributed by atoms with Gasteiger partial charge in [0.25, 0.3) is 0 Å². The highest BCUT2D eigenvalue weighted by atomic mass is 35.5. The molecule has 0 saturated heterocycles. The fraction of sp³-hybridized carbons (Fsp3) is 0.118. The van der Waals surface area contributed by atoms with Crippen molar-refractivity contribution in [2.24, 2.45) is 0 Å². The van der Waals surface area contributed by atoms with Crippen LogP contribution in [0, 0.1) is 0 Å². The average molecular weight is 647 g/mol. The Morgan fingerprint density at radius 1 is 0.932 bits per heavy atom. The van der Waals surface area contributed by atoms with Gasteiger partial charge in [0, 0.05) is 29.0 Å². The second-order valence-electron chi connectivity index (χ2n) is 10.5. The predicted molar refractivity (Wildman–Crippen MR) is 179 cm³/mol. The van der Waals surface area contributed by atoms with Crippen LogP contribution in [0.25, 0.3) is 34.5 Å². The number of hydrogen-bond acceptors (Lipinski definition) is 4. The van der Waals surface area contributed by atoms with Crippen molar-refractivity contribution < 1.29 is 18.3 Å². The van der Waals surface area contributed by atoms with Gasteiger partial charge in [-0.25, -0.2) is 18.2 Å². The number of hydrogen-bond donors (Lipinski definition) is 2. The van der Waals surface area contributed by atoms with Crippen molar-refractivity contribution in [3.05, 3.63) is 130 Å². The molecule has 4 aromatic carbocycles. The first-order chi connectivity index (χ1) is 21.0. The van der Waals surface area contributed by atoms with E-state index >= 15 is 0 Å². The zero-order valence-corrected chi connectivity index (χ0v) is 26.2. The number of nitrogens with zero attached hydrogens (tertiary/aromatic N) is 2. The van der Waals surface area contributed by atoms with Crippen molar-refractivity contribution in [1.82, 2.24) is 9.55 Å². The van der Waals surface area contributed by atoms with Crippen LogP contribution in [-0.4, -0.2) is 34.3 Å². The maximum atomic E-state index is 12.3. The molecule has 0 amide bonds. The predicted octanol–water partition coefficient (Wildman–Crippen LogP) is 8.59. The van der Waals surface area contributed by atoms with Gasteiger partial charge in [0.2, 0.25) is 10.0 Å². The minimum absolute atomic E-state index is 0.222. The molecular weight excluding hydrogens is 617 g/mol. The third-order valence-electron chi connectivity index (χ3n) is 6.98. The standard InChI is InChI=1S/C34H29Cl2N3O4S/c1-22(2)44(42,43)38-29-5-3-4-27(18-29)25-11-6-23(7-12-25)10-17-33-37-32(30-16-15-28(35)19-31(30)36)21-39(33)20-24-8-13-26(14-9-24)34(40)41/h3-19,21-22,38H,20H2,1-2H3,(H,40,41). The van der Waals surface area contributed by atoms with E-state index in [-0.39, 0.29) is 5.56 Å². The van der Waals surface area contributed by atoms with Crippen molar-refractivity contribution >= 4 is 57.0 Å². The van der Waals surface area contributed by atoms with Gasteiger partial charge >= 0.3 is 5.97 Å². The van der Waals surface area contributed by atoms with Gasteiger partial charge in [-0.1, -0.05) is 77.8 Å². The monoisotopic (exact) mass is 645 g/mol. The van der Waals surface area contributed by atoms with E-state index in [0.717, 1.165) is 27.8 Å². The molecule has 5 rings (SSSR count). The lowest BCUT2D eigenvalue weighted by Gasteiger charge is -2.12. The fourth-order valence-corrected chi connectivity index (χ4v) is 5.66. The number of aromatic carboxylic acids is 1. The van der Waals surface area contributed by atoms with Crippen LogP contribution < -0.4 is 4.72 Å². The molecule has 2 N–H and O–H groups in total. The molecule has 44 heavy (non-hydrogen) atoms. The molecule has 0 aliphatic carbocycles. The summed E-state index contributed by atoms with van der Waals surface area (Å²) in [6.07, 6.45) is 5.77. The summed E-state index contributed by atoms with van der Waals surface area (Å²) in [4.78, 5) is 16.1. The summed E-state index contributed by atoms with van der Waals surface area (Å²) in [5.41, 5.74) is 5.85. The molecule has 0 aliphatic heterocycles. The lowest BCUT2D eigenvalue weighted by Crippen LogP contribution is -2.22. The maximum Gasteiger partial charge on any atom is 0.335 e. The molecule has 0 aliphatic rings. The SMILES string of the molecule is CC(C)S(=O)(=O)Nc1cccc(-c2ccc(C=Cc3nc(-c4ccc(Cl)cc4Cl)cn3Cc3ccc(C(=O)O)cc3)cc2)c1. The largest absolute Gasteiger partial charge is 0.478 e. The van der Waals surface area contributed by atoms with Crippen molar-refractivity contribution in [2.45, 2.75) is 25.6 Å². The quantitative estimate of drug-likeness (QED) is 0.158. The van der Waals surface area contributed by atoms with Crippen LogP contribution in [-0.2, 0) is 16.6 Å². The number of anilines is 1. The van der Waals surface area contributed by atoms with Gasteiger partial charge in [-0.05, 0) is 84.6 Å². The number of carboxylic acid groups (broad SMARTS) is 1. The minimum atomic E-state index is -3.44. The summed E-state index contributed by atoms with van der Waals surface area (Å²) in [5, 5.41) is 9.72. The maximum absolute atomic E-state index is 12.3. The van der Waals surface area contributed by atoms with Gasteiger partial charge in [0.05, 0.1) is 21.5 Å². The number of imidazole rings is 1. The highest BCUT2D eigenvalue weighted by Gasteiger charge is 2.16. The molecule has 0 bridgehead atoms. The number of aromatic nitrogens is 2. The highest BCUT2D eigenvalue weighted by molar-refractivity contribution is 7.93. The number of sulfonamides is 1. The molecule has 1 heterocycles. The third-order valence-corrected chi connectivity index (χ3v) is 9.29. The lowest BCUT2D eigenvalue weighted by atomic mass is 10.0. The summed E-state index contributed by atoms with van der Waals surface area (Å²) in [7, 11) is -3.44. The van der Waals surface area contributed by atoms with Gasteiger partial charge in [0.15, 0.2) is 0 Å². The molecule has 0 radical (unpaired) electrons. The highest BCUT2D eigenvalue weighted by Crippen LogP contribution is 2.31. The molecule has 0 spiro atoms. The van der Waals surface area contributed by atoms with E-state index < -0.39 is 21.2 Å². The lowest BCUT2D eigenvalue weighted by molar-refractivity contribution is 0.0697. The van der Waals surface area contributed by atoms with Crippen LogP contribution in [0.1, 0.15) is 41.2 Å². The normalized spacial score (nSPS) is 11.8. The minimum Gasteiger partial charge on any atom is -0.478 e. The van der Waals surface area contributed by atoms with Crippen LogP contribution in [0.4, 0.5) is 5.69 Å². The molecule has 10 heteroatoms.